The predicted octanol–water partition coefficient (Wildman–Crippen LogP) is 4.71. The molecule has 0 radical (unpaired) electrons. The number of ether oxygens (including phenoxy) is 2. The molecule has 0 aromatic heterocycles. The highest BCUT2D eigenvalue weighted by Gasteiger charge is 2.38. The van der Waals surface area contributed by atoms with Crippen LogP contribution in [0.25, 0.3) is 5.57 Å². The van der Waals surface area contributed by atoms with E-state index < -0.39 is 0 Å². The largest absolute Gasteiger partial charge is 0.494 e. The van der Waals surface area contributed by atoms with Gasteiger partial charge in [0.15, 0.2) is 0 Å². The molecule has 0 atom stereocenters. The fourth-order valence-corrected chi connectivity index (χ4v) is 3.78. The molecule has 170 valence electrons. The van der Waals surface area contributed by atoms with Gasteiger partial charge in [-0.3, -0.25) is 14.5 Å². The summed E-state index contributed by atoms with van der Waals surface area (Å²) in [6.07, 6.45) is 0.697. The summed E-state index contributed by atoms with van der Waals surface area (Å²) in [7, 11) is 0. The molecular formula is C26H32N2O4. The van der Waals surface area contributed by atoms with Crippen molar-refractivity contribution in [3.05, 3.63) is 64.9 Å². The molecule has 2 aromatic carbocycles. The van der Waals surface area contributed by atoms with Crippen LogP contribution < -0.4 is 10.1 Å². The second-order valence-electron chi connectivity index (χ2n) is 8.24. The molecule has 1 heterocycles. The Hall–Kier alpha value is -3.12. The zero-order valence-corrected chi connectivity index (χ0v) is 19.5. The Morgan fingerprint density at radius 3 is 2.22 bits per heavy atom. The van der Waals surface area contributed by atoms with Crippen LogP contribution in [0.1, 0.15) is 43.9 Å². The van der Waals surface area contributed by atoms with Crippen LogP contribution in [0.15, 0.2) is 48.2 Å². The van der Waals surface area contributed by atoms with E-state index in [0.29, 0.717) is 43.0 Å². The highest BCUT2D eigenvalue weighted by Crippen LogP contribution is 2.32. The van der Waals surface area contributed by atoms with Crippen molar-refractivity contribution < 1.29 is 19.1 Å². The number of amides is 2. The SMILES string of the molecule is CCOc1ccc(C2=C(Nc3cc(C)cc(C)c3)C(=O)N(CCCOC(C)C)C2=O)cc1. The van der Waals surface area contributed by atoms with Crippen LogP contribution in [0.4, 0.5) is 5.69 Å². The molecule has 6 nitrogen and oxygen atoms in total. The Labute approximate surface area is 190 Å². The number of carbonyl (C=O) groups excluding carboxylic acids is 2. The Bertz CT molecular complexity index is 989. The van der Waals surface area contributed by atoms with Crippen molar-refractivity contribution >= 4 is 23.1 Å². The van der Waals surface area contributed by atoms with Gasteiger partial charge in [0.1, 0.15) is 11.4 Å². The standard InChI is InChI=1S/C26H32N2O4/c1-6-31-22-10-8-20(9-11-22)23-24(27-21-15-18(4)14-19(5)16-21)26(30)28(25(23)29)12-7-13-32-17(2)3/h8-11,14-17,27H,6-7,12-13H2,1-5H3. The lowest BCUT2D eigenvalue weighted by Gasteiger charge is -2.16. The third-order valence-corrected chi connectivity index (χ3v) is 5.09. The normalized spacial score (nSPS) is 14.0. The van der Waals surface area contributed by atoms with Gasteiger partial charge in [-0.25, -0.2) is 0 Å². The van der Waals surface area contributed by atoms with Crippen LogP contribution in [0.2, 0.25) is 0 Å². The lowest BCUT2D eigenvalue weighted by molar-refractivity contribution is -0.137. The van der Waals surface area contributed by atoms with Crippen molar-refractivity contribution in [2.75, 3.05) is 25.1 Å². The summed E-state index contributed by atoms with van der Waals surface area (Å²) in [5, 5.41) is 3.23. The van der Waals surface area contributed by atoms with Gasteiger partial charge in [-0.1, -0.05) is 18.2 Å². The smallest absolute Gasteiger partial charge is 0.278 e. The van der Waals surface area contributed by atoms with Gasteiger partial charge in [0.2, 0.25) is 0 Å². The first-order valence-corrected chi connectivity index (χ1v) is 11.1. The Balaban J connectivity index is 1.92. The molecule has 0 saturated carbocycles. The minimum atomic E-state index is -0.317. The van der Waals surface area contributed by atoms with E-state index in [0.717, 1.165) is 22.6 Å². The van der Waals surface area contributed by atoms with E-state index in [4.69, 9.17) is 9.47 Å². The number of benzene rings is 2. The minimum Gasteiger partial charge on any atom is -0.494 e. The summed E-state index contributed by atoms with van der Waals surface area (Å²) < 4.78 is 11.1. The van der Waals surface area contributed by atoms with E-state index in [1.807, 2.05) is 71.0 Å². The van der Waals surface area contributed by atoms with Gasteiger partial charge in [-0.2, -0.15) is 0 Å². The molecular weight excluding hydrogens is 404 g/mol. The van der Waals surface area contributed by atoms with E-state index in [2.05, 4.69) is 11.4 Å². The van der Waals surface area contributed by atoms with Crippen LogP contribution in [-0.4, -0.2) is 42.6 Å². The van der Waals surface area contributed by atoms with Gasteiger partial charge in [0, 0.05) is 18.8 Å². The third kappa shape index (κ3) is 5.56. The quantitative estimate of drug-likeness (QED) is 0.432. The maximum atomic E-state index is 13.3. The third-order valence-electron chi connectivity index (χ3n) is 5.09. The van der Waals surface area contributed by atoms with E-state index in [1.165, 1.54) is 4.90 Å². The zero-order valence-electron chi connectivity index (χ0n) is 19.5. The lowest BCUT2D eigenvalue weighted by atomic mass is 10.0. The molecule has 6 heteroatoms. The number of hydrogen-bond donors (Lipinski definition) is 1. The van der Waals surface area contributed by atoms with Crippen LogP contribution >= 0.6 is 0 Å². The van der Waals surface area contributed by atoms with Gasteiger partial charge in [-0.15, -0.1) is 0 Å². The van der Waals surface area contributed by atoms with E-state index >= 15 is 0 Å². The summed E-state index contributed by atoms with van der Waals surface area (Å²) in [6, 6.07) is 13.3. The highest BCUT2D eigenvalue weighted by atomic mass is 16.5. The molecule has 32 heavy (non-hydrogen) atoms. The minimum absolute atomic E-state index is 0.110. The average molecular weight is 437 g/mol. The number of nitrogens with zero attached hydrogens (tertiary/aromatic N) is 1. The van der Waals surface area contributed by atoms with Crippen LogP contribution in [0.3, 0.4) is 0 Å². The Morgan fingerprint density at radius 2 is 1.62 bits per heavy atom. The number of nitrogens with one attached hydrogen (secondary N) is 1. The number of carbonyl (C=O) groups is 2. The molecule has 2 aromatic rings. The fraction of sp³-hybridized carbons (Fsp3) is 0.385. The van der Waals surface area contributed by atoms with Crippen molar-refractivity contribution in [3.63, 3.8) is 0 Å². The monoisotopic (exact) mass is 436 g/mol. The molecule has 0 bridgehead atoms. The molecule has 1 aliphatic rings. The van der Waals surface area contributed by atoms with Gasteiger partial charge >= 0.3 is 0 Å². The second kappa shape index (κ2) is 10.5. The summed E-state index contributed by atoms with van der Waals surface area (Å²) in [6.45, 7) is 11.2. The van der Waals surface area contributed by atoms with Gasteiger partial charge < -0.3 is 14.8 Å². The molecule has 1 aliphatic heterocycles. The maximum Gasteiger partial charge on any atom is 0.278 e. The van der Waals surface area contributed by atoms with Crippen LogP contribution in [0.5, 0.6) is 5.75 Å². The molecule has 0 saturated heterocycles. The van der Waals surface area contributed by atoms with E-state index in [9.17, 15) is 9.59 Å². The number of rotatable bonds is 10. The first kappa shape index (κ1) is 23.5. The molecule has 0 fully saturated rings. The first-order valence-electron chi connectivity index (χ1n) is 11.1. The summed E-state index contributed by atoms with van der Waals surface area (Å²) in [5.74, 6) is 0.110. The van der Waals surface area contributed by atoms with Crippen LogP contribution in [-0.2, 0) is 14.3 Å². The number of anilines is 1. The summed E-state index contributed by atoms with van der Waals surface area (Å²) in [4.78, 5) is 27.9. The van der Waals surface area contributed by atoms with Gasteiger partial charge in [0.25, 0.3) is 11.8 Å². The lowest BCUT2D eigenvalue weighted by Crippen LogP contribution is -2.34. The predicted molar refractivity (Wildman–Crippen MR) is 126 cm³/mol. The molecule has 0 spiro atoms. The van der Waals surface area contributed by atoms with Crippen molar-refractivity contribution in [2.45, 2.75) is 47.1 Å². The molecule has 1 N–H and O–H groups in total. The second-order valence-corrected chi connectivity index (χ2v) is 8.24. The summed E-state index contributed by atoms with van der Waals surface area (Å²) >= 11 is 0. The number of aryl methyl sites for hydroxylation is 2. The van der Waals surface area contributed by atoms with Gasteiger partial charge in [0.05, 0.1) is 18.3 Å². The van der Waals surface area contributed by atoms with E-state index in [-0.39, 0.29) is 17.9 Å². The van der Waals surface area contributed by atoms with Crippen molar-refractivity contribution in [1.29, 1.82) is 0 Å². The Kier molecular flexibility index (Phi) is 7.70. The topological polar surface area (TPSA) is 67.9 Å². The Morgan fingerprint density at radius 1 is 0.969 bits per heavy atom. The molecule has 0 aliphatic carbocycles. The summed E-state index contributed by atoms with van der Waals surface area (Å²) in [5.41, 5.74) is 4.30. The molecule has 2 amide bonds. The highest BCUT2D eigenvalue weighted by molar-refractivity contribution is 6.36. The number of hydrogen-bond acceptors (Lipinski definition) is 5. The molecule has 0 unspecified atom stereocenters. The average Bonchev–Trinajstić information content (AvgIpc) is 2.95. The zero-order chi connectivity index (χ0) is 23.3. The van der Waals surface area contributed by atoms with Crippen molar-refractivity contribution in [1.82, 2.24) is 4.90 Å². The fourth-order valence-electron chi connectivity index (χ4n) is 3.78. The van der Waals surface area contributed by atoms with E-state index in [1.54, 1.807) is 0 Å². The van der Waals surface area contributed by atoms with Crippen molar-refractivity contribution in [2.24, 2.45) is 0 Å². The number of imide groups is 1. The first-order chi connectivity index (χ1) is 15.3. The van der Waals surface area contributed by atoms with Crippen LogP contribution in [0, 0.1) is 13.8 Å². The molecule has 3 rings (SSSR count). The van der Waals surface area contributed by atoms with Gasteiger partial charge in [-0.05, 0) is 82.0 Å². The maximum absolute atomic E-state index is 13.3. The van der Waals surface area contributed by atoms with Crippen molar-refractivity contribution in [3.8, 4) is 5.75 Å².